The average molecular weight is 344 g/mol. The number of ether oxygens (including phenoxy) is 2. The maximum absolute atomic E-state index is 5.26. The molecule has 0 fully saturated rings. The van der Waals surface area contributed by atoms with Crippen molar-refractivity contribution in [2.75, 3.05) is 14.2 Å². The molecule has 0 spiro atoms. The summed E-state index contributed by atoms with van der Waals surface area (Å²) in [6.45, 7) is 8.39. The van der Waals surface area contributed by atoms with Gasteiger partial charge in [-0.05, 0) is 70.5 Å². The van der Waals surface area contributed by atoms with Gasteiger partial charge in [0.15, 0.2) is 0 Å². The molecule has 0 unspecified atom stereocenters. The van der Waals surface area contributed by atoms with Crippen LogP contribution < -0.4 is 9.47 Å². The van der Waals surface area contributed by atoms with E-state index in [1.165, 1.54) is 22.3 Å². The lowest BCUT2D eigenvalue weighted by atomic mass is 9.88. The van der Waals surface area contributed by atoms with E-state index in [1.807, 2.05) is 24.3 Å². The zero-order valence-corrected chi connectivity index (χ0v) is 15.4. The molecule has 132 valence electrons. The van der Waals surface area contributed by atoms with E-state index in [0.717, 1.165) is 35.5 Å². The van der Waals surface area contributed by atoms with Crippen molar-refractivity contribution in [3.63, 3.8) is 0 Å². The molecule has 0 N–H and O–H groups in total. The minimum absolute atomic E-state index is 0.863. The van der Waals surface area contributed by atoms with E-state index in [0.29, 0.717) is 0 Å². The van der Waals surface area contributed by atoms with Crippen LogP contribution in [0.4, 0.5) is 0 Å². The van der Waals surface area contributed by atoms with Gasteiger partial charge in [0.2, 0.25) is 0 Å². The van der Waals surface area contributed by atoms with Gasteiger partial charge in [-0.1, -0.05) is 49.6 Å². The van der Waals surface area contributed by atoms with Gasteiger partial charge in [0.1, 0.15) is 11.5 Å². The smallest absolute Gasteiger partial charge is 0.118 e. The Morgan fingerprint density at radius 1 is 0.615 bits per heavy atom. The summed E-state index contributed by atoms with van der Waals surface area (Å²) < 4.78 is 10.5. The Balaban J connectivity index is 1.89. The first kappa shape index (κ1) is 17.8. The normalized spacial score (nSPS) is 18.8. The molecule has 0 atom stereocenters. The quantitative estimate of drug-likeness (QED) is 0.669. The van der Waals surface area contributed by atoms with Crippen molar-refractivity contribution in [1.82, 2.24) is 0 Å². The van der Waals surface area contributed by atoms with Crippen LogP contribution in [0.5, 0.6) is 11.5 Å². The Kier molecular flexibility index (Phi) is 5.43. The van der Waals surface area contributed by atoms with Gasteiger partial charge in [-0.2, -0.15) is 0 Å². The van der Waals surface area contributed by atoms with Crippen LogP contribution in [0.25, 0.3) is 11.1 Å². The molecule has 0 radical (unpaired) electrons. The van der Waals surface area contributed by atoms with Crippen LogP contribution in [0, 0.1) is 0 Å². The van der Waals surface area contributed by atoms with Crippen molar-refractivity contribution < 1.29 is 9.47 Å². The Hall–Kier alpha value is -3.00. The third kappa shape index (κ3) is 3.97. The Labute approximate surface area is 155 Å². The third-order valence-electron chi connectivity index (χ3n) is 4.69. The number of benzene rings is 2. The first-order valence-corrected chi connectivity index (χ1v) is 8.69. The Bertz CT molecular complexity index is 790. The standard InChI is InChI=1S/C24H24O2/c1-17-15-21(19-7-11-23(25-3)12-8-19)5-6-22(16-18(17)2)20-9-13-24(26-4)14-10-20/h7-16H,1-2,5-6H2,3-4H3/b21-15+,22-16+. The van der Waals surface area contributed by atoms with Crippen LogP contribution in [0.15, 0.2) is 85.0 Å². The van der Waals surface area contributed by atoms with Crippen molar-refractivity contribution in [2.24, 2.45) is 0 Å². The van der Waals surface area contributed by atoms with Crippen LogP contribution in [-0.4, -0.2) is 14.2 Å². The maximum atomic E-state index is 5.26. The van der Waals surface area contributed by atoms with Crippen LogP contribution in [-0.2, 0) is 0 Å². The van der Waals surface area contributed by atoms with E-state index >= 15 is 0 Å². The van der Waals surface area contributed by atoms with E-state index in [2.05, 4.69) is 49.6 Å². The first-order chi connectivity index (χ1) is 12.6. The number of hydrogen-bond donors (Lipinski definition) is 0. The Morgan fingerprint density at radius 3 is 1.27 bits per heavy atom. The summed E-state index contributed by atoms with van der Waals surface area (Å²) in [7, 11) is 3.36. The first-order valence-electron chi connectivity index (χ1n) is 8.69. The summed E-state index contributed by atoms with van der Waals surface area (Å²) in [6, 6.07) is 16.4. The molecule has 0 aliphatic heterocycles. The van der Waals surface area contributed by atoms with Crippen LogP contribution in [0.3, 0.4) is 0 Å². The minimum Gasteiger partial charge on any atom is -0.497 e. The minimum atomic E-state index is 0.863. The predicted octanol–water partition coefficient (Wildman–Crippen LogP) is 6.08. The fraction of sp³-hybridized carbons (Fsp3) is 0.167. The molecule has 0 saturated carbocycles. The fourth-order valence-electron chi connectivity index (χ4n) is 3.09. The van der Waals surface area contributed by atoms with E-state index in [9.17, 15) is 0 Å². The SMILES string of the molecule is C=C1/C=C(/c2ccc(OC)cc2)CC/C(c2ccc(OC)cc2)=C\C1=C. The second-order valence-corrected chi connectivity index (χ2v) is 6.35. The number of hydrogen-bond acceptors (Lipinski definition) is 2. The summed E-state index contributed by atoms with van der Waals surface area (Å²) >= 11 is 0. The van der Waals surface area contributed by atoms with Crippen molar-refractivity contribution in [2.45, 2.75) is 12.8 Å². The fourth-order valence-corrected chi connectivity index (χ4v) is 3.09. The molecule has 0 saturated heterocycles. The highest BCUT2D eigenvalue weighted by Gasteiger charge is 2.12. The van der Waals surface area contributed by atoms with Gasteiger partial charge < -0.3 is 9.47 Å². The van der Waals surface area contributed by atoms with Crippen molar-refractivity contribution in [3.8, 4) is 11.5 Å². The molecule has 0 bridgehead atoms. The molecule has 1 aliphatic rings. The van der Waals surface area contributed by atoms with Gasteiger partial charge in [0.25, 0.3) is 0 Å². The van der Waals surface area contributed by atoms with Gasteiger partial charge >= 0.3 is 0 Å². The van der Waals surface area contributed by atoms with Crippen LogP contribution in [0.2, 0.25) is 0 Å². The molecule has 3 rings (SSSR count). The molecule has 26 heavy (non-hydrogen) atoms. The Morgan fingerprint density at radius 2 is 0.962 bits per heavy atom. The molecule has 0 aromatic heterocycles. The molecule has 2 aromatic carbocycles. The number of methoxy groups -OCH3 is 2. The average Bonchev–Trinajstić information content (AvgIpc) is 2.68. The molecular formula is C24H24O2. The number of allylic oxidation sites excluding steroid dienone is 6. The van der Waals surface area contributed by atoms with Crippen LogP contribution >= 0.6 is 0 Å². The van der Waals surface area contributed by atoms with E-state index < -0.39 is 0 Å². The highest BCUT2D eigenvalue weighted by molar-refractivity contribution is 5.78. The third-order valence-corrected chi connectivity index (χ3v) is 4.69. The zero-order chi connectivity index (χ0) is 18.5. The van der Waals surface area contributed by atoms with Gasteiger partial charge in [-0.3, -0.25) is 0 Å². The monoisotopic (exact) mass is 344 g/mol. The van der Waals surface area contributed by atoms with Gasteiger partial charge in [0.05, 0.1) is 14.2 Å². The van der Waals surface area contributed by atoms with Gasteiger partial charge in [-0.15, -0.1) is 0 Å². The molecule has 2 aromatic rings. The second-order valence-electron chi connectivity index (χ2n) is 6.35. The van der Waals surface area contributed by atoms with Crippen LogP contribution in [0.1, 0.15) is 24.0 Å². The molecule has 2 heteroatoms. The zero-order valence-electron chi connectivity index (χ0n) is 15.4. The molecule has 0 amide bonds. The summed E-state index contributed by atoms with van der Waals surface area (Å²) in [4.78, 5) is 0. The maximum Gasteiger partial charge on any atom is 0.118 e. The molecule has 2 nitrogen and oxygen atoms in total. The molecule has 0 heterocycles. The molecule has 1 aliphatic carbocycles. The molecular weight excluding hydrogens is 320 g/mol. The summed E-state index contributed by atoms with van der Waals surface area (Å²) in [6.07, 6.45) is 6.17. The van der Waals surface area contributed by atoms with Crippen molar-refractivity contribution in [3.05, 3.63) is 96.1 Å². The lowest BCUT2D eigenvalue weighted by Crippen LogP contribution is -1.96. The van der Waals surface area contributed by atoms with E-state index in [4.69, 9.17) is 9.47 Å². The predicted molar refractivity (Wildman–Crippen MR) is 109 cm³/mol. The summed E-state index contributed by atoms with van der Waals surface area (Å²) in [5, 5.41) is 0. The van der Waals surface area contributed by atoms with Crippen molar-refractivity contribution in [1.29, 1.82) is 0 Å². The highest BCUT2D eigenvalue weighted by Crippen LogP contribution is 2.33. The lowest BCUT2D eigenvalue weighted by Gasteiger charge is -2.17. The summed E-state index contributed by atoms with van der Waals surface area (Å²) in [5.41, 5.74) is 6.80. The van der Waals surface area contributed by atoms with Gasteiger partial charge in [-0.25, -0.2) is 0 Å². The topological polar surface area (TPSA) is 18.5 Å². The van der Waals surface area contributed by atoms with E-state index in [1.54, 1.807) is 14.2 Å². The van der Waals surface area contributed by atoms with E-state index in [-0.39, 0.29) is 0 Å². The summed E-state index contributed by atoms with van der Waals surface area (Å²) in [5.74, 6) is 1.73. The lowest BCUT2D eigenvalue weighted by molar-refractivity contribution is 0.414. The van der Waals surface area contributed by atoms with Crippen molar-refractivity contribution >= 4 is 11.1 Å². The second kappa shape index (κ2) is 7.92. The largest absolute Gasteiger partial charge is 0.497 e. The number of rotatable bonds is 4. The van der Waals surface area contributed by atoms with Gasteiger partial charge in [0, 0.05) is 0 Å². The highest BCUT2D eigenvalue weighted by atomic mass is 16.5.